The zero-order chi connectivity index (χ0) is 28.2. The molecule has 0 fully saturated rings. The summed E-state index contributed by atoms with van der Waals surface area (Å²) < 4.78 is 16.0. The van der Waals surface area contributed by atoms with E-state index in [1.165, 1.54) is 12.1 Å². The van der Waals surface area contributed by atoms with E-state index in [-0.39, 0.29) is 17.9 Å². The number of aliphatic imine (C=N–C) groups is 1. The van der Waals surface area contributed by atoms with E-state index in [1.807, 2.05) is 31.1 Å². The van der Waals surface area contributed by atoms with Gasteiger partial charge < -0.3 is 20.6 Å². The van der Waals surface area contributed by atoms with E-state index in [2.05, 4.69) is 15.6 Å². The summed E-state index contributed by atoms with van der Waals surface area (Å²) in [5, 5.41) is 15.9. The van der Waals surface area contributed by atoms with E-state index in [9.17, 15) is 4.79 Å². The van der Waals surface area contributed by atoms with Crippen LogP contribution in [0.25, 0.3) is 11.3 Å². The monoisotopic (exact) mass is 558 g/mol. The number of fused-ring (bicyclic) bond motifs is 3. The number of hydrogen-bond donors (Lipinski definition) is 3. The topological polar surface area (TPSA) is 103 Å². The molecule has 0 atom stereocenters. The van der Waals surface area contributed by atoms with Crippen molar-refractivity contribution in [1.29, 1.82) is 0 Å². The molecule has 3 N–H and O–H groups in total. The standard InChI is InChI=1S/C30H28ClFN6O2/c1-33-13-4-14-38(2)25-6-3-5-23(26(25)32)28-24-15-20(31)9-12-22(24)27-19(16-34-28)17-35-30(37-27)36-21-10-7-18(8-11-21)29(39)40/h3,5-12,15,17,33H,4,13-14,16H2,1-2H3,(H,39,40)(H,35,36,37). The highest BCUT2D eigenvalue weighted by atomic mass is 35.5. The lowest BCUT2D eigenvalue weighted by Crippen LogP contribution is -2.24. The van der Waals surface area contributed by atoms with Gasteiger partial charge in [0.05, 0.1) is 29.2 Å². The maximum Gasteiger partial charge on any atom is 0.335 e. The first-order valence-corrected chi connectivity index (χ1v) is 13.2. The Bertz CT molecular complexity index is 1590. The van der Waals surface area contributed by atoms with Gasteiger partial charge in [-0.25, -0.2) is 19.2 Å². The largest absolute Gasteiger partial charge is 0.478 e. The molecule has 3 aromatic carbocycles. The van der Waals surface area contributed by atoms with Crippen LogP contribution in [0.2, 0.25) is 5.02 Å². The molecule has 0 saturated carbocycles. The molecule has 0 spiro atoms. The molecule has 0 aliphatic carbocycles. The molecule has 2 heterocycles. The van der Waals surface area contributed by atoms with Crippen molar-refractivity contribution in [1.82, 2.24) is 15.3 Å². The lowest BCUT2D eigenvalue weighted by atomic mass is 9.94. The Morgan fingerprint density at radius 3 is 2.65 bits per heavy atom. The molecule has 4 aromatic rings. The lowest BCUT2D eigenvalue weighted by Gasteiger charge is -2.21. The van der Waals surface area contributed by atoms with Crippen LogP contribution >= 0.6 is 11.6 Å². The number of nitrogens with zero attached hydrogens (tertiary/aromatic N) is 4. The Labute approximate surface area is 236 Å². The molecule has 1 aliphatic heterocycles. The van der Waals surface area contributed by atoms with Crippen LogP contribution in [0, 0.1) is 5.82 Å². The highest BCUT2D eigenvalue weighted by Gasteiger charge is 2.24. The minimum Gasteiger partial charge on any atom is -0.478 e. The van der Waals surface area contributed by atoms with Gasteiger partial charge in [0.15, 0.2) is 5.82 Å². The first kappa shape index (κ1) is 27.2. The molecular formula is C30H28ClFN6O2. The maximum atomic E-state index is 16.0. The number of carbonyl (C=O) groups is 1. The zero-order valence-corrected chi connectivity index (χ0v) is 22.8. The fourth-order valence-corrected chi connectivity index (χ4v) is 4.82. The third-order valence-electron chi connectivity index (χ3n) is 6.72. The van der Waals surface area contributed by atoms with Gasteiger partial charge in [-0.05, 0) is 68.5 Å². The van der Waals surface area contributed by atoms with E-state index >= 15 is 4.39 Å². The summed E-state index contributed by atoms with van der Waals surface area (Å²) in [6.07, 6.45) is 2.58. The van der Waals surface area contributed by atoms with Crippen molar-refractivity contribution < 1.29 is 14.3 Å². The number of halogens is 2. The fourth-order valence-electron chi connectivity index (χ4n) is 4.65. The molecule has 1 aromatic heterocycles. The van der Waals surface area contributed by atoms with Crippen LogP contribution in [-0.4, -0.2) is 53.9 Å². The van der Waals surface area contributed by atoms with E-state index in [0.29, 0.717) is 51.4 Å². The number of hydrogen-bond acceptors (Lipinski definition) is 7. The quantitative estimate of drug-likeness (QED) is 0.224. The normalized spacial score (nSPS) is 12.2. The molecule has 8 nitrogen and oxygen atoms in total. The number of benzene rings is 3. The summed E-state index contributed by atoms with van der Waals surface area (Å²) in [5.41, 5.74) is 5.09. The van der Waals surface area contributed by atoms with E-state index in [0.717, 1.165) is 24.1 Å². The van der Waals surface area contributed by atoms with Crippen LogP contribution in [0.15, 0.2) is 71.9 Å². The second-order valence-electron chi connectivity index (χ2n) is 9.45. The Morgan fingerprint density at radius 2 is 1.90 bits per heavy atom. The maximum absolute atomic E-state index is 16.0. The second kappa shape index (κ2) is 11.8. The number of carboxylic acid groups (broad SMARTS) is 1. The molecule has 5 rings (SSSR count). The summed E-state index contributed by atoms with van der Waals surface area (Å²) in [6, 6.07) is 17.1. The van der Waals surface area contributed by atoms with Crippen molar-refractivity contribution in [2.45, 2.75) is 13.0 Å². The summed E-state index contributed by atoms with van der Waals surface area (Å²) in [4.78, 5) is 27.1. The number of anilines is 3. The minimum atomic E-state index is -0.999. The van der Waals surface area contributed by atoms with Crippen LogP contribution in [0.3, 0.4) is 0 Å². The molecule has 0 amide bonds. The number of nitrogens with one attached hydrogen (secondary N) is 2. The van der Waals surface area contributed by atoms with Gasteiger partial charge in [-0.2, -0.15) is 0 Å². The van der Waals surface area contributed by atoms with Crippen molar-refractivity contribution >= 4 is 40.6 Å². The summed E-state index contributed by atoms with van der Waals surface area (Å²) in [6.45, 7) is 1.80. The van der Waals surface area contributed by atoms with E-state index in [4.69, 9.17) is 26.7 Å². The molecule has 0 bridgehead atoms. The lowest BCUT2D eigenvalue weighted by molar-refractivity contribution is 0.0697. The summed E-state index contributed by atoms with van der Waals surface area (Å²) >= 11 is 6.43. The average Bonchev–Trinajstić information content (AvgIpc) is 3.10. The van der Waals surface area contributed by atoms with E-state index < -0.39 is 5.97 Å². The predicted molar refractivity (Wildman–Crippen MR) is 157 cm³/mol. The van der Waals surface area contributed by atoms with Crippen LogP contribution < -0.4 is 15.5 Å². The van der Waals surface area contributed by atoms with Gasteiger partial charge in [0.25, 0.3) is 0 Å². The van der Waals surface area contributed by atoms with Crippen LogP contribution in [0.1, 0.15) is 33.5 Å². The number of aromatic nitrogens is 2. The first-order chi connectivity index (χ1) is 19.4. The van der Waals surface area contributed by atoms with Gasteiger partial charge in [-0.15, -0.1) is 0 Å². The highest BCUT2D eigenvalue weighted by Crippen LogP contribution is 2.35. The van der Waals surface area contributed by atoms with Gasteiger partial charge in [0.1, 0.15) is 0 Å². The molecule has 0 radical (unpaired) electrons. The Hall–Kier alpha value is -4.34. The van der Waals surface area contributed by atoms with Crippen molar-refractivity contribution in [3.05, 3.63) is 100.0 Å². The molecule has 10 heteroatoms. The molecule has 0 saturated heterocycles. The van der Waals surface area contributed by atoms with Gasteiger partial charge in [0, 0.05) is 52.8 Å². The first-order valence-electron chi connectivity index (χ1n) is 12.8. The summed E-state index contributed by atoms with van der Waals surface area (Å²) in [7, 11) is 3.78. The predicted octanol–water partition coefficient (Wildman–Crippen LogP) is 5.77. The van der Waals surface area contributed by atoms with Crippen molar-refractivity contribution in [2.24, 2.45) is 4.99 Å². The van der Waals surface area contributed by atoms with Crippen LogP contribution in [0.4, 0.5) is 21.7 Å². The second-order valence-corrected chi connectivity index (χ2v) is 9.88. The fraction of sp³-hybridized carbons (Fsp3) is 0.200. The number of rotatable bonds is 9. The average molecular weight is 559 g/mol. The third kappa shape index (κ3) is 5.66. The molecular weight excluding hydrogens is 531 g/mol. The van der Waals surface area contributed by atoms with Crippen LogP contribution in [-0.2, 0) is 6.54 Å². The van der Waals surface area contributed by atoms with Gasteiger partial charge in [-0.3, -0.25) is 4.99 Å². The number of carboxylic acids is 1. The van der Waals surface area contributed by atoms with Crippen molar-refractivity contribution in [2.75, 3.05) is 37.4 Å². The smallest absolute Gasteiger partial charge is 0.335 e. The Balaban J connectivity index is 1.52. The number of aromatic carboxylic acids is 1. The van der Waals surface area contributed by atoms with Crippen LogP contribution in [0.5, 0.6) is 0 Å². The van der Waals surface area contributed by atoms with Crippen molar-refractivity contribution in [3.8, 4) is 11.3 Å². The Kier molecular flexibility index (Phi) is 8.04. The minimum absolute atomic E-state index is 0.185. The highest BCUT2D eigenvalue weighted by molar-refractivity contribution is 6.31. The summed E-state index contributed by atoms with van der Waals surface area (Å²) in [5.74, 6) is -1.01. The molecule has 1 aliphatic rings. The van der Waals surface area contributed by atoms with Gasteiger partial charge >= 0.3 is 5.97 Å². The van der Waals surface area contributed by atoms with Crippen molar-refractivity contribution in [3.63, 3.8) is 0 Å². The van der Waals surface area contributed by atoms with Gasteiger partial charge in [-0.1, -0.05) is 23.7 Å². The molecule has 40 heavy (non-hydrogen) atoms. The molecule has 0 unspecified atom stereocenters. The third-order valence-corrected chi connectivity index (χ3v) is 6.95. The molecule has 204 valence electrons. The zero-order valence-electron chi connectivity index (χ0n) is 22.1. The van der Waals surface area contributed by atoms with Gasteiger partial charge in [0.2, 0.25) is 5.95 Å². The SMILES string of the molecule is CNCCCN(C)c1cccc(C2=NCc3cnc(Nc4ccc(C(=O)O)cc4)nc3-c3ccc(Cl)cc32)c1F. The Morgan fingerprint density at radius 1 is 1.10 bits per heavy atom. The van der Waals surface area contributed by atoms with E-state index in [1.54, 1.807) is 42.6 Å².